The molecular formula is C5H10N2. The van der Waals surface area contributed by atoms with Gasteiger partial charge in [-0.1, -0.05) is 13.0 Å². The topological polar surface area (TPSA) is 24.7 Å². The summed E-state index contributed by atoms with van der Waals surface area (Å²) < 4.78 is 0. The summed E-state index contributed by atoms with van der Waals surface area (Å²) in [5.41, 5.74) is 0. The molecule has 0 atom stereocenters. The highest BCUT2D eigenvalue weighted by Crippen LogP contribution is 1.79. The highest BCUT2D eigenvalue weighted by atomic mass is 15.1. The zero-order valence-corrected chi connectivity index (χ0v) is 4.76. The molecule has 0 N–H and O–H groups in total. The molecule has 0 aliphatic carbocycles. The van der Waals surface area contributed by atoms with Crippen LogP contribution < -0.4 is 0 Å². The van der Waals surface area contributed by atoms with Gasteiger partial charge in [0.2, 0.25) is 0 Å². The van der Waals surface area contributed by atoms with Crippen LogP contribution in [0.3, 0.4) is 0 Å². The quantitative estimate of drug-likeness (QED) is 0.472. The van der Waals surface area contributed by atoms with E-state index in [1.807, 2.05) is 6.08 Å². The van der Waals surface area contributed by atoms with E-state index in [2.05, 4.69) is 17.2 Å². The molecule has 0 bridgehead atoms. The van der Waals surface area contributed by atoms with Crippen LogP contribution in [0.1, 0.15) is 13.3 Å². The summed E-state index contributed by atoms with van der Waals surface area (Å²) in [4.78, 5) is 0. The second-order valence-electron chi connectivity index (χ2n) is 1.11. The number of hydrogen-bond acceptors (Lipinski definition) is 2. The molecule has 0 saturated heterocycles. The Bertz CT molecular complexity index is 74.1. The normalized spacial score (nSPS) is 11.7. The van der Waals surface area contributed by atoms with Crippen molar-refractivity contribution in [3.8, 4) is 0 Å². The Labute approximate surface area is 44.0 Å². The Morgan fingerprint density at radius 3 is 2.71 bits per heavy atom. The number of hydrogen-bond donors (Lipinski definition) is 0. The lowest BCUT2D eigenvalue weighted by atomic mass is 10.5. The highest BCUT2D eigenvalue weighted by molar-refractivity contribution is 4.75. The Balaban J connectivity index is 3.09. The van der Waals surface area contributed by atoms with Crippen molar-refractivity contribution in [3.63, 3.8) is 0 Å². The first-order chi connectivity index (χ1) is 3.41. The van der Waals surface area contributed by atoms with Gasteiger partial charge in [0, 0.05) is 13.2 Å². The summed E-state index contributed by atoms with van der Waals surface area (Å²) in [5, 5.41) is 7.12. The van der Waals surface area contributed by atoms with Crippen molar-refractivity contribution in [2.45, 2.75) is 13.3 Å². The van der Waals surface area contributed by atoms with Crippen molar-refractivity contribution in [2.75, 3.05) is 7.05 Å². The number of nitrogens with zero attached hydrogens (tertiary/aromatic N) is 2. The van der Waals surface area contributed by atoms with Gasteiger partial charge in [-0.25, -0.2) is 0 Å². The minimum absolute atomic E-state index is 1.03. The Morgan fingerprint density at radius 2 is 2.29 bits per heavy atom. The molecule has 0 aromatic carbocycles. The Hall–Kier alpha value is -0.660. The fourth-order valence-corrected chi connectivity index (χ4v) is 0.219. The first-order valence-electron chi connectivity index (χ1n) is 2.35. The minimum Gasteiger partial charge on any atom is -0.193 e. The van der Waals surface area contributed by atoms with Crippen LogP contribution in [0.15, 0.2) is 22.5 Å². The second-order valence-corrected chi connectivity index (χ2v) is 1.11. The van der Waals surface area contributed by atoms with Gasteiger partial charge < -0.3 is 0 Å². The van der Waals surface area contributed by atoms with E-state index in [0.717, 1.165) is 6.42 Å². The number of azo groups is 1. The Kier molecular flexibility index (Phi) is 4.84. The van der Waals surface area contributed by atoms with E-state index in [-0.39, 0.29) is 0 Å². The summed E-state index contributed by atoms with van der Waals surface area (Å²) in [5.74, 6) is 0. The van der Waals surface area contributed by atoms with Gasteiger partial charge in [0.25, 0.3) is 0 Å². The average Bonchev–Trinajstić information content (AvgIpc) is 1.69. The molecule has 0 saturated carbocycles. The fourth-order valence-electron chi connectivity index (χ4n) is 0.219. The van der Waals surface area contributed by atoms with E-state index in [1.54, 1.807) is 13.2 Å². The van der Waals surface area contributed by atoms with Gasteiger partial charge in [-0.2, -0.15) is 10.2 Å². The summed E-state index contributed by atoms with van der Waals surface area (Å²) in [7, 11) is 1.65. The fraction of sp³-hybridized carbons (Fsp3) is 0.600. The molecule has 0 heterocycles. The molecule has 0 aliphatic heterocycles. The van der Waals surface area contributed by atoms with Gasteiger partial charge in [0.05, 0.1) is 0 Å². The molecule has 0 rings (SSSR count). The second kappa shape index (κ2) is 5.34. The average molecular weight is 98.1 g/mol. The molecule has 2 heteroatoms. The molecule has 2 nitrogen and oxygen atoms in total. The molecule has 0 aromatic rings. The highest BCUT2D eigenvalue weighted by Gasteiger charge is 1.58. The van der Waals surface area contributed by atoms with Crippen molar-refractivity contribution >= 4 is 0 Å². The van der Waals surface area contributed by atoms with Crippen molar-refractivity contribution < 1.29 is 0 Å². The summed E-state index contributed by atoms with van der Waals surface area (Å²) in [6.45, 7) is 2.06. The molecule has 0 unspecified atom stereocenters. The summed E-state index contributed by atoms with van der Waals surface area (Å²) in [6.07, 6.45) is 4.67. The van der Waals surface area contributed by atoms with Gasteiger partial charge in [-0.15, -0.1) is 0 Å². The minimum atomic E-state index is 1.03. The zero-order chi connectivity index (χ0) is 5.54. The molecule has 0 aliphatic rings. The standard InChI is InChI=1S/C5H10N2/c1-3-4-5-7-6-2/h4-5H,3H2,1-2H3/b5-4-,7-6?. The maximum Gasteiger partial charge on any atom is 0.0491 e. The zero-order valence-electron chi connectivity index (χ0n) is 4.76. The van der Waals surface area contributed by atoms with E-state index in [1.165, 1.54) is 0 Å². The largest absolute Gasteiger partial charge is 0.193 e. The van der Waals surface area contributed by atoms with Gasteiger partial charge in [0.1, 0.15) is 0 Å². The van der Waals surface area contributed by atoms with Crippen LogP contribution in [0.5, 0.6) is 0 Å². The third-order valence-corrected chi connectivity index (χ3v) is 0.523. The number of allylic oxidation sites excluding steroid dienone is 1. The molecule has 40 valence electrons. The third kappa shape index (κ3) is 5.34. The maximum atomic E-state index is 3.61. The van der Waals surface area contributed by atoms with Crippen LogP contribution >= 0.6 is 0 Å². The van der Waals surface area contributed by atoms with Gasteiger partial charge in [0.15, 0.2) is 0 Å². The number of rotatable bonds is 2. The van der Waals surface area contributed by atoms with Crippen molar-refractivity contribution in [1.82, 2.24) is 0 Å². The predicted octanol–water partition coefficient (Wildman–Crippen LogP) is 1.99. The van der Waals surface area contributed by atoms with Crippen molar-refractivity contribution in [2.24, 2.45) is 10.2 Å². The first kappa shape index (κ1) is 6.34. The smallest absolute Gasteiger partial charge is 0.0491 e. The van der Waals surface area contributed by atoms with Gasteiger partial charge >= 0.3 is 0 Å². The molecule has 0 amide bonds. The van der Waals surface area contributed by atoms with Gasteiger partial charge in [-0.3, -0.25) is 0 Å². The maximum absolute atomic E-state index is 3.61. The summed E-state index contributed by atoms with van der Waals surface area (Å²) >= 11 is 0. The predicted molar refractivity (Wildman–Crippen MR) is 30.2 cm³/mol. The Morgan fingerprint density at radius 1 is 1.57 bits per heavy atom. The molecule has 0 radical (unpaired) electrons. The third-order valence-electron chi connectivity index (χ3n) is 0.523. The lowest BCUT2D eigenvalue weighted by Crippen LogP contribution is -1.49. The van der Waals surface area contributed by atoms with E-state index < -0.39 is 0 Å². The lowest BCUT2D eigenvalue weighted by molar-refractivity contribution is 1.13. The SMILES string of the molecule is CC/C=C\N=NC. The van der Waals surface area contributed by atoms with Crippen molar-refractivity contribution in [1.29, 1.82) is 0 Å². The monoisotopic (exact) mass is 98.1 g/mol. The van der Waals surface area contributed by atoms with Crippen LogP contribution in [0, 0.1) is 0 Å². The summed E-state index contributed by atoms with van der Waals surface area (Å²) in [6, 6.07) is 0. The molecule has 7 heavy (non-hydrogen) atoms. The van der Waals surface area contributed by atoms with Gasteiger partial charge in [-0.05, 0) is 6.42 Å². The van der Waals surface area contributed by atoms with Crippen molar-refractivity contribution in [3.05, 3.63) is 12.3 Å². The first-order valence-corrected chi connectivity index (χ1v) is 2.35. The molecule has 0 spiro atoms. The van der Waals surface area contributed by atoms with E-state index >= 15 is 0 Å². The lowest BCUT2D eigenvalue weighted by Gasteiger charge is -1.70. The van der Waals surface area contributed by atoms with E-state index in [4.69, 9.17) is 0 Å². The van der Waals surface area contributed by atoms with Crippen LogP contribution in [-0.4, -0.2) is 7.05 Å². The van der Waals surface area contributed by atoms with E-state index in [0.29, 0.717) is 0 Å². The molecular weight excluding hydrogens is 88.1 g/mol. The van der Waals surface area contributed by atoms with Crippen LogP contribution in [0.25, 0.3) is 0 Å². The van der Waals surface area contributed by atoms with Crippen LogP contribution in [-0.2, 0) is 0 Å². The van der Waals surface area contributed by atoms with Crippen LogP contribution in [0.2, 0.25) is 0 Å². The van der Waals surface area contributed by atoms with Crippen LogP contribution in [0.4, 0.5) is 0 Å². The van der Waals surface area contributed by atoms with E-state index in [9.17, 15) is 0 Å². The molecule has 0 fully saturated rings. The molecule has 0 aromatic heterocycles.